The molecule has 0 radical (unpaired) electrons. The van der Waals surface area contributed by atoms with Gasteiger partial charge in [0, 0.05) is 19.1 Å². The van der Waals surface area contributed by atoms with E-state index in [0.717, 1.165) is 6.54 Å². The molecule has 1 aliphatic carbocycles. The summed E-state index contributed by atoms with van der Waals surface area (Å²) in [6.45, 7) is 1.53. The molecule has 4 heteroatoms. The summed E-state index contributed by atoms with van der Waals surface area (Å²) >= 11 is 5.04. The molecule has 0 bridgehead atoms. The number of hydrogen-bond acceptors (Lipinski definition) is 3. The van der Waals surface area contributed by atoms with Gasteiger partial charge < -0.3 is 10.8 Å². The van der Waals surface area contributed by atoms with Gasteiger partial charge in [-0.15, -0.1) is 0 Å². The van der Waals surface area contributed by atoms with E-state index in [-0.39, 0.29) is 0 Å². The Balaban J connectivity index is 2.03. The number of nitrogens with zero attached hydrogens (tertiary/aromatic N) is 1. The third kappa shape index (κ3) is 3.68. The van der Waals surface area contributed by atoms with Crippen LogP contribution >= 0.6 is 12.2 Å². The molecule has 1 aromatic rings. The van der Waals surface area contributed by atoms with E-state index >= 15 is 0 Å². The molecule has 1 aromatic carbocycles. The Labute approximate surface area is 114 Å². The van der Waals surface area contributed by atoms with Gasteiger partial charge in [0.05, 0.1) is 4.99 Å². The minimum absolute atomic E-state index is 0.306. The number of thiocarbonyl (C=S) groups is 1. The average molecular weight is 264 g/mol. The van der Waals surface area contributed by atoms with E-state index in [4.69, 9.17) is 18.0 Å². The van der Waals surface area contributed by atoms with Crippen molar-refractivity contribution in [2.24, 2.45) is 5.73 Å². The van der Waals surface area contributed by atoms with E-state index in [1.165, 1.54) is 31.2 Å². The molecule has 0 spiro atoms. The molecule has 1 fully saturated rings. The van der Waals surface area contributed by atoms with Crippen molar-refractivity contribution in [2.45, 2.75) is 38.3 Å². The Kier molecular flexibility index (Phi) is 4.55. The lowest BCUT2D eigenvalue weighted by Crippen LogP contribution is -2.38. The highest BCUT2D eigenvalue weighted by Crippen LogP contribution is 2.25. The highest BCUT2D eigenvalue weighted by atomic mass is 32.1. The van der Waals surface area contributed by atoms with Gasteiger partial charge in [-0.3, -0.25) is 4.90 Å². The van der Waals surface area contributed by atoms with Crippen molar-refractivity contribution in [1.29, 1.82) is 0 Å². The summed E-state index contributed by atoms with van der Waals surface area (Å²) in [4.78, 5) is 2.92. The highest BCUT2D eigenvalue weighted by molar-refractivity contribution is 7.80. The second kappa shape index (κ2) is 6.16. The predicted molar refractivity (Wildman–Crippen MR) is 77.6 cm³/mol. The van der Waals surface area contributed by atoms with Gasteiger partial charge in [0.1, 0.15) is 5.75 Å². The van der Waals surface area contributed by atoms with Gasteiger partial charge in [0.2, 0.25) is 0 Å². The zero-order valence-electron chi connectivity index (χ0n) is 10.5. The maximum Gasteiger partial charge on any atom is 0.115 e. The second-order valence-electron chi connectivity index (χ2n) is 4.98. The van der Waals surface area contributed by atoms with Crippen LogP contribution in [0.5, 0.6) is 5.75 Å². The van der Waals surface area contributed by atoms with Crippen LogP contribution in [0, 0.1) is 0 Å². The average Bonchev–Trinajstić information content (AvgIpc) is 2.84. The van der Waals surface area contributed by atoms with E-state index in [1.54, 1.807) is 12.1 Å². The molecule has 0 aliphatic heterocycles. The summed E-state index contributed by atoms with van der Waals surface area (Å²) in [7, 11) is 0. The molecule has 0 amide bonds. The molecule has 0 aromatic heterocycles. The molecule has 1 aliphatic rings. The molecule has 3 nitrogen and oxygen atoms in total. The van der Waals surface area contributed by atoms with Crippen LogP contribution in [0.3, 0.4) is 0 Å². The van der Waals surface area contributed by atoms with Crippen molar-refractivity contribution >= 4 is 17.2 Å². The number of aromatic hydroxyl groups is 1. The monoisotopic (exact) mass is 264 g/mol. The predicted octanol–water partition coefficient (Wildman–Crippen LogP) is 2.42. The molecule has 0 heterocycles. The first-order chi connectivity index (χ1) is 8.65. The first kappa shape index (κ1) is 13.3. The SMILES string of the molecule is NC(=S)CN(Cc1ccc(O)cc1)C1CCCC1. The molecule has 2 rings (SSSR count). The van der Waals surface area contributed by atoms with E-state index in [9.17, 15) is 5.11 Å². The first-order valence-electron chi connectivity index (χ1n) is 6.45. The smallest absolute Gasteiger partial charge is 0.115 e. The first-order valence-corrected chi connectivity index (χ1v) is 6.86. The zero-order chi connectivity index (χ0) is 13.0. The molecule has 98 valence electrons. The summed E-state index contributed by atoms with van der Waals surface area (Å²) < 4.78 is 0. The van der Waals surface area contributed by atoms with Crippen LogP contribution in [0.4, 0.5) is 0 Å². The number of hydrogen-bond donors (Lipinski definition) is 2. The Morgan fingerprint density at radius 3 is 2.44 bits per heavy atom. The lowest BCUT2D eigenvalue weighted by atomic mass is 10.1. The van der Waals surface area contributed by atoms with Crippen molar-refractivity contribution in [3.8, 4) is 5.75 Å². The molecular weight excluding hydrogens is 244 g/mol. The molecule has 1 saturated carbocycles. The third-order valence-corrected chi connectivity index (χ3v) is 3.65. The van der Waals surface area contributed by atoms with Crippen molar-refractivity contribution < 1.29 is 5.11 Å². The van der Waals surface area contributed by atoms with Gasteiger partial charge in [0.15, 0.2) is 0 Å². The Morgan fingerprint density at radius 1 is 1.28 bits per heavy atom. The number of rotatable bonds is 5. The summed E-state index contributed by atoms with van der Waals surface area (Å²) in [5.41, 5.74) is 6.88. The van der Waals surface area contributed by atoms with E-state index in [0.29, 0.717) is 23.3 Å². The molecule has 18 heavy (non-hydrogen) atoms. The maximum atomic E-state index is 9.29. The fourth-order valence-corrected chi connectivity index (χ4v) is 2.79. The summed E-state index contributed by atoms with van der Waals surface area (Å²) in [6, 6.07) is 7.96. The number of benzene rings is 1. The van der Waals surface area contributed by atoms with Crippen LogP contribution in [-0.2, 0) is 6.54 Å². The van der Waals surface area contributed by atoms with E-state index < -0.39 is 0 Å². The largest absolute Gasteiger partial charge is 0.508 e. The standard InChI is InChI=1S/C14H20N2OS/c15-14(18)10-16(12-3-1-2-4-12)9-11-5-7-13(17)8-6-11/h5-8,12,17H,1-4,9-10H2,(H2,15,18). The lowest BCUT2D eigenvalue weighted by molar-refractivity contribution is 0.219. The van der Waals surface area contributed by atoms with Crippen molar-refractivity contribution in [2.75, 3.05) is 6.54 Å². The minimum atomic E-state index is 0.306. The molecular formula is C14H20N2OS. The molecule has 3 N–H and O–H groups in total. The van der Waals surface area contributed by atoms with Gasteiger partial charge in [-0.1, -0.05) is 37.2 Å². The molecule has 0 unspecified atom stereocenters. The quantitative estimate of drug-likeness (QED) is 0.802. The van der Waals surface area contributed by atoms with E-state index in [1.807, 2.05) is 12.1 Å². The van der Waals surface area contributed by atoms with Crippen LogP contribution in [0.15, 0.2) is 24.3 Å². The van der Waals surface area contributed by atoms with Crippen LogP contribution < -0.4 is 5.73 Å². The highest BCUT2D eigenvalue weighted by Gasteiger charge is 2.22. The Hall–Kier alpha value is -1.13. The fraction of sp³-hybridized carbons (Fsp3) is 0.500. The third-order valence-electron chi connectivity index (χ3n) is 3.52. The zero-order valence-corrected chi connectivity index (χ0v) is 11.3. The molecule has 0 atom stereocenters. The lowest BCUT2D eigenvalue weighted by Gasteiger charge is -2.28. The van der Waals surface area contributed by atoms with Gasteiger partial charge in [-0.25, -0.2) is 0 Å². The van der Waals surface area contributed by atoms with Crippen molar-refractivity contribution in [3.05, 3.63) is 29.8 Å². The van der Waals surface area contributed by atoms with E-state index in [2.05, 4.69) is 4.90 Å². The molecule has 0 saturated heterocycles. The Morgan fingerprint density at radius 2 is 1.89 bits per heavy atom. The number of phenolic OH excluding ortho intramolecular Hbond substituents is 1. The van der Waals surface area contributed by atoms with Gasteiger partial charge in [-0.2, -0.15) is 0 Å². The van der Waals surface area contributed by atoms with Crippen molar-refractivity contribution in [3.63, 3.8) is 0 Å². The van der Waals surface area contributed by atoms with Crippen molar-refractivity contribution in [1.82, 2.24) is 4.90 Å². The van der Waals surface area contributed by atoms with Crippen LogP contribution in [-0.4, -0.2) is 27.6 Å². The van der Waals surface area contributed by atoms with Crippen LogP contribution in [0.2, 0.25) is 0 Å². The maximum absolute atomic E-state index is 9.29. The topological polar surface area (TPSA) is 49.5 Å². The van der Waals surface area contributed by atoms with Gasteiger partial charge in [0.25, 0.3) is 0 Å². The fourth-order valence-electron chi connectivity index (χ4n) is 2.62. The Bertz CT molecular complexity index is 399. The number of phenols is 1. The van der Waals surface area contributed by atoms with Crippen LogP contribution in [0.1, 0.15) is 31.2 Å². The normalized spacial score (nSPS) is 16.3. The minimum Gasteiger partial charge on any atom is -0.508 e. The summed E-state index contributed by atoms with van der Waals surface area (Å²) in [5, 5.41) is 9.29. The number of nitrogens with two attached hydrogens (primary N) is 1. The van der Waals surface area contributed by atoms with Crippen LogP contribution in [0.25, 0.3) is 0 Å². The summed E-state index contributed by atoms with van der Waals surface area (Å²) in [6.07, 6.45) is 5.07. The van der Waals surface area contributed by atoms with Gasteiger partial charge >= 0.3 is 0 Å². The summed E-state index contributed by atoms with van der Waals surface area (Å²) in [5.74, 6) is 0.306. The second-order valence-corrected chi connectivity index (χ2v) is 5.50. The van der Waals surface area contributed by atoms with Gasteiger partial charge in [-0.05, 0) is 30.5 Å².